The quantitative estimate of drug-likeness (QED) is 0.897. The summed E-state index contributed by atoms with van der Waals surface area (Å²) < 4.78 is 13.6. The number of carbonyl (C=O) groups excluding carboxylic acids is 1. The third-order valence-corrected chi connectivity index (χ3v) is 4.57. The summed E-state index contributed by atoms with van der Waals surface area (Å²) in [5.41, 5.74) is -0.637. The molecule has 3 nitrogen and oxygen atoms in total. The van der Waals surface area contributed by atoms with Crippen LogP contribution in [0.15, 0.2) is 18.2 Å². The van der Waals surface area contributed by atoms with Gasteiger partial charge >= 0.3 is 0 Å². The summed E-state index contributed by atoms with van der Waals surface area (Å²) >= 11 is 5.90. The fraction of sp³-hybridized carbons (Fsp3) is 0.562. The van der Waals surface area contributed by atoms with Gasteiger partial charge in [0.25, 0.3) is 0 Å². The molecular weight excluding hydrogens is 293 g/mol. The van der Waals surface area contributed by atoms with Crippen LogP contribution >= 0.6 is 11.6 Å². The zero-order chi connectivity index (χ0) is 15.5. The zero-order valence-corrected chi connectivity index (χ0v) is 12.9. The van der Waals surface area contributed by atoms with Gasteiger partial charge in [-0.2, -0.15) is 0 Å². The molecule has 0 saturated heterocycles. The molecule has 0 unspecified atom stereocenters. The highest BCUT2D eigenvalue weighted by Crippen LogP contribution is 2.31. The van der Waals surface area contributed by atoms with E-state index in [1.165, 1.54) is 12.1 Å². The maximum absolute atomic E-state index is 13.6. The van der Waals surface area contributed by atoms with Crippen LogP contribution in [-0.2, 0) is 11.2 Å². The minimum Gasteiger partial charge on any atom is -0.388 e. The molecule has 0 heterocycles. The Balaban J connectivity index is 1.88. The lowest BCUT2D eigenvalue weighted by atomic mass is 9.79. The van der Waals surface area contributed by atoms with Crippen LogP contribution in [0.1, 0.15) is 38.2 Å². The van der Waals surface area contributed by atoms with Crippen molar-refractivity contribution in [1.29, 1.82) is 0 Å². The van der Waals surface area contributed by atoms with Crippen molar-refractivity contribution in [2.75, 3.05) is 6.54 Å². The van der Waals surface area contributed by atoms with Crippen molar-refractivity contribution >= 4 is 17.5 Å². The summed E-state index contributed by atoms with van der Waals surface area (Å²) in [4.78, 5) is 11.9. The molecule has 1 aliphatic rings. The molecule has 0 atom stereocenters. The number of carbonyl (C=O) groups is 1. The number of nitrogens with one attached hydrogen (secondary N) is 1. The van der Waals surface area contributed by atoms with Gasteiger partial charge in [0.05, 0.1) is 12.0 Å². The monoisotopic (exact) mass is 313 g/mol. The van der Waals surface area contributed by atoms with Crippen molar-refractivity contribution in [3.05, 3.63) is 34.6 Å². The van der Waals surface area contributed by atoms with Gasteiger partial charge in [0.1, 0.15) is 5.82 Å². The van der Waals surface area contributed by atoms with Gasteiger partial charge in [0.15, 0.2) is 0 Å². The molecule has 2 rings (SSSR count). The van der Waals surface area contributed by atoms with Crippen LogP contribution in [-0.4, -0.2) is 23.2 Å². The SMILES string of the molecule is CC1CCC(O)(CNC(=O)Cc2c(F)cccc2Cl)CC1. The minimum absolute atomic E-state index is 0.113. The highest BCUT2D eigenvalue weighted by atomic mass is 35.5. The Kier molecular flexibility index (Phi) is 5.22. The van der Waals surface area contributed by atoms with Crippen LogP contribution in [0.5, 0.6) is 0 Å². The summed E-state index contributed by atoms with van der Waals surface area (Å²) in [6, 6.07) is 4.35. The first-order chi connectivity index (χ1) is 9.89. The average Bonchev–Trinajstić information content (AvgIpc) is 2.45. The van der Waals surface area contributed by atoms with Crippen LogP contribution in [0.4, 0.5) is 4.39 Å². The van der Waals surface area contributed by atoms with Gasteiger partial charge in [-0.3, -0.25) is 4.79 Å². The summed E-state index contributed by atoms with van der Waals surface area (Å²) in [7, 11) is 0. The molecule has 1 aliphatic carbocycles. The molecule has 1 saturated carbocycles. The predicted octanol–water partition coefficient (Wildman–Crippen LogP) is 3.08. The second-order valence-electron chi connectivity index (χ2n) is 6.06. The Morgan fingerprint density at radius 1 is 1.48 bits per heavy atom. The Morgan fingerprint density at radius 2 is 2.14 bits per heavy atom. The minimum atomic E-state index is -0.832. The van der Waals surface area contributed by atoms with Gasteiger partial charge in [-0.05, 0) is 43.7 Å². The molecule has 21 heavy (non-hydrogen) atoms. The average molecular weight is 314 g/mol. The molecule has 2 N–H and O–H groups in total. The first kappa shape index (κ1) is 16.2. The third-order valence-electron chi connectivity index (χ3n) is 4.22. The van der Waals surface area contributed by atoms with Crippen LogP contribution in [0, 0.1) is 11.7 Å². The first-order valence-electron chi connectivity index (χ1n) is 7.31. The van der Waals surface area contributed by atoms with Crippen LogP contribution < -0.4 is 5.32 Å². The molecule has 0 aromatic heterocycles. The number of benzene rings is 1. The highest BCUT2D eigenvalue weighted by molar-refractivity contribution is 6.31. The standard InChI is InChI=1S/C16H21ClFNO2/c1-11-5-7-16(21,8-6-11)10-19-15(20)9-12-13(17)3-2-4-14(12)18/h2-4,11,21H,5-10H2,1H3,(H,19,20). The maximum Gasteiger partial charge on any atom is 0.224 e. The van der Waals surface area contributed by atoms with E-state index in [9.17, 15) is 14.3 Å². The molecule has 0 radical (unpaired) electrons. The molecule has 0 aliphatic heterocycles. The topological polar surface area (TPSA) is 49.3 Å². The van der Waals surface area contributed by atoms with Crippen molar-refractivity contribution in [3.8, 4) is 0 Å². The number of hydrogen-bond donors (Lipinski definition) is 2. The molecular formula is C16H21ClFNO2. The zero-order valence-electron chi connectivity index (χ0n) is 12.2. The van der Waals surface area contributed by atoms with E-state index in [1.807, 2.05) is 0 Å². The van der Waals surface area contributed by atoms with Crippen molar-refractivity contribution in [3.63, 3.8) is 0 Å². The number of rotatable bonds is 4. The van der Waals surface area contributed by atoms with E-state index >= 15 is 0 Å². The molecule has 1 fully saturated rings. The van der Waals surface area contributed by atoms with Gasteiger partial charge in [-0.25, -0.2) is 4.39 Å². The number of aliphatic hydroxyl groups is 1. The predicted molar refractivity (Wildman–Crippen MR) is 80.7 cm³/mol. The molecule has 0 bridgehead atoms. The van der Waals surface area contributed by atoms with Gasteiger partial charge in [-0.1, -0.05) is 24.6 Å². The lowest BCUT2D eigenvalue weighted by Gasteiger charge is -2.34. The van der Waals surface area contributed by atoms with E-state index in [2.05, 4.69) is 12.2 Å². The molecule has 116 valence electrons. The summed E-state index contributed by atoms with van der Waals surface area (Å²) in [6.45, 7) is 2.38. The van der Waals surface area contributed by atoms with Crippen LogP contribution in [0.25, 0.3) is 0 Å². The molecule has 1 aromatic rings. The maximum atomic E-state index is 13.6. The third kappa shape index (κ3) is 4.42. The van der Waals surface area contributed by atoms with Crippen LogP contribution in [0.3, 0.4) is 0 Å². The van der Waals surface area contributed by atoms with E-state index < -0.39 is 11.4 Å². The van der Waals surface area contributed by atoms with E-state index in [-0.39, 0.29) is 29.5 Å². The van der Waals surface area contributed by atoms with Gasteiger partial charge in [0, 0.05) is 17.1 Å². The van der Waals surface area contributed by atoms with Crippen molar-refractivity contribution in [2.45, 2.75) is 44.6 Å². The molecule has 0 spiro atoms. The number of hydrogen-bond acceptors (Lipinski definition) is 2. The molecule has 5 heteroatoms. The van der Waals surface area contributed by atoms with Gasteiger partial charge < -0.3 is 10.4 Å². The Labute approximate surface area is 129 Å². The van der Waals surface area contributed by atoms with Crippen LogP contribution in [0.2, 0.25) is 5.02 Å². The van der Waals surface area contributed by atoms with Crippen molar-refractivity contribution in [1.82, 2.24) is 5.32 Å². The lowest BCUT2D eigenvalue weighted by molar-refractivity contribution is -0.122. The van der Waals surface area contributed by atoms with E-state index in [0.717, 1.165) is 12.8 Å². The normalized spacial score (nSPS) is 25.6. The second kappa shape index (κ2) is 6.75. The molecule has 1 aromatic carbocycles. The molecule has 1 amide bonds. The van der Waals surface area contributed by atoms with Gasteiger partial charge in [-0.15, -0.1) is 0 Å². The largest absolute Gasteiger partial charge is 0.388 e. The summed E-state index contributed by atoms with van der Waals surface area (Å²) in [5.74, 6) is -0.185. The Bertz CT molecular complexity index is 493. The van der Waals surface area contributed by atoms with Crippen molar-refractivity contribution < 1.29 is 14.3 Å². The lowest BCUT2D eigenvalue weighted by Crippen LogP contribution is -2.45. The fourth-order valence-electron chi connectivity index (χ4n) is 2.66. The number of amides is 1. The highest BCUT2D eigenvalue weighted by Gasteiger charge is 2.32. The first-order valence-corrected chi connectivity index (χ1v) is 7.69. The Morgan fingerprint density at radius 3 is 2.76 bits per heavy atom. The van der Waals surface area contributed by atoms with E-state index in [0.29, 0.717) is 18.8 Å². The summed E-state index contributed by atoms with van der Waals surface area (Å²) in [6.07, 6.45) is 3.19. The Hall–Kier alpha value is -1.13. The van der Waals surface area contributed by atoms with E-state index in [4.69, 9.17) is 11.6 Å². The second-order valence-corrected chi connectivity index (χ2v) is 6.47. The van der Waals surface area contributed by atoms with E-state index in [1.54, 1.807) is 6.07 Å². The van der Waals surface area contributed by atoms with Crippen molar-refractivity contribution in [2.24, 2.45) is 5.92 Å². The fourth-order valence-corrected chi connectivity index (χ4v) is 2.89. The summed E-state index contributed by atoms with van der Waals surface area (Å²) in [5, 5.41) is 13.3. The van der Waals surface area contributed by atoms with Gasteiger partial charge in [0.2, 0.25) is 5.91 Å². The number of halogens is 2. The smallest absolute Gasteiger partial charge is 0.224 e.